The molecule has 0 atom stereocenters. The number of hydrogen-bond acceptors (Lipinski definition) is 1. The number of halogens is 5. The summed E-state index contributed by atoms with van der Waals surface area (Å²) in [5.41, 5.74) is 0.345. The van der Waals surface area contributed by atoms with Crippen LogP contribution in [-0.4, -0.2) is 24.8 Å². The van der Waals surface area contributed by atoms with E-state index in [9.17, 15) is 22.0 Å². The van der Waals surface area contributed by atoms with Crippen molar-refractivity contribution >= 4 is 12.0 Å². The monoisotopic (exact) mass is 370 g/mol. The summed E-state index contributed by atoms with van der Waals surface area (Å²) < 4.78 is 66.2. The number of rotatable bonds is 5. The molecule has 0 aliphatic heterocycles. The number of aliphatic imine (C=N–C) groups is 1. The maximum atomic E-state index is 14.2. The molecular formula is C19H19F5N2. The highest BCUT2D eigenvalue weighted by Crippen LogP contribution is 2.31. The molecule has 2 aromatic rings. The molecule has 0 saturated carbocycles. The molecule has 0 N–H and O–H groups in total. The molecule has 0 aromatic heterocycles. The Hall–Kier alpha value is -2.44. The van der Waals surface area contributed by atoms with E-state index in [-0.39, 0.29) is 17.7 Å². The quantitative estimate of drug-likeness (QED) is 0.386. The van der Waals surface area contributed by atoms with Gasteiger partial charge in [0, 0.05) is 13.6 Å². The van der Waals surface area contributed by atoms with Crippen molar-refractivity contribution in [2.75, 3.05) is 13.6 Å². The molecule has 2 aromatic carbocycles. The van der Waals surface area contributed by atoms with Crippen LogP contribution in [0.1, 0.15) is 29.2 Å². The average molecular weight is 370 g/mol. The fourth-order valence-corrected chi connectivity index (χ4v) is 2.38. The van der Waals surface area contributed by atoms with Gasteiger partial charge in [-0.1, -0.05) is 0 Å². The zero-order valence-corrected chi connectivity index (χ0v) is 14.7. The van der Waals surface area contributed by atoms with E-state index in [0.29, 0.717) is 23.7 Å². The molecule has 0 radical (unpaired) electrons. The lowest BCUT2D eigenvalue weighted by Gasteiger charge is -2.12. The third kappa shape index (κ3) is 5.03. The summed E-state index contributed by atoms with van der Waals surface area (Å²) >= 11 is 0. The van der Waals surface area contributed by atoms with Gasteiger partial charge in [0.15, 0.2) is 0 Å². The van der Waals surface area contributed by atoms with Crippen LogP contribution >= 0.6 is 0 Å². The maximum absolute atomic E-state index is 14.2. The second-order valence-corrected chi connectivity index (χ2v) is 6.07. The van der Waals surface area contributed by atoms with E-state index in [1.807, 2.05) is 6.92 Å². The van der Waals surface area contributed by atoms with E-state index in [1.54, 1.807) is 18.9 Å². The van der Waals surface area contributed by atoms with Gasteiger partial charge < -0.3 is 4.90 Å². The van der Waals surface area contributed by atoms with Crippen molar-refractivity contribution in [2.45, 2.75) is 26.4 Å². The fraction of sp³-hybridized carbons (Fsp3) is 0.316. The zero-order chi connectivity index (χ0) is 19.5. The summed E-state index contributed by atoms with van der Waals surface area (Å²) in [5.74, 6) is -1.56. The largest absolute Gasteiger partial charge is 0.416 e. The van der Waals surface area contributed by atoms with E-state index in [4.69, 9.17) is 0 Å². The van der Waals surface area contributed by atoms with Crippen LogP contribution in [0.4, 0.5) is 27.6 Å². The first kappa shape index (κ1) is 19.9. The minimum absolute atomic E-state index is 0.0115. The van der Waals surface area contributed by atoms with Gasteiger partial charge in [0.2, 0.25) is 0 Å². The number of hydrogen-bond donors (Lipinski definition) is 0. The highest BCUT2D eigenvalue weighted by Gasteiger charge is 2.31. The third-order valence-electron chi connectivity index (χ3n) is 3.98. The molecular weight excluding hydrogens is 351 g/mol. The molecule has 0 bridgehead atoms. The highest BCUT2D eigenvalue weighted by molar-refractivity contribution is 5.62. The molecule has 0 aliphatic rings. The number of benzene rings is 2. The molecule has 0 unspecified atom stereocenters. The fourth-order valence-electron chi connectivity index (χ4n) is 2.38. The van der Waals surface area contributed by atoms with Crippen molar-refractivity contribution in [3.05, 3.63) is 64.2 Å². The van der Waals surface area contributed by atoms with Gasteiger partial charge in [0.05, 0.1) is 11.9 Å². The van der Waals surface area contributed by atoms with Gasteiger partial charge in [-0.05, 0) is 67.3 Å². The molecule has 0 saturated heterocycles. The van der Waals surface area contributed by atoms with Crippen LogP contribution in [-0.2, 0) is 12.6 Å². The molecule has 0 heterocycles. The first-order chi connectivity index (χ1) is 12.1. The molecule has 0 spiro atoms. The topological polar surface area (TPSA) is 15.6 Å². The smallest absolute Gasteiger partial charge is 0.366 e. The normalized spacial score (nSPS) is 12.0. The van der Waals surface area contributed by atoms with Gasteiger partial charge >= 0.3 is 6.18 Å². The van der Waals surface area contributed by atoms with E-state index in [2.05, 4.69) is 4.99 Å². The third-order valence-corrected chi connectivity index (χ3v) is 3.98. The van der Waals surface area contributed by atoms with E-state index in [0.717, 1.165) is 12.1 Å². The summed E-state index contributed by atoms with van der Waals surface area (Å²) in [6.45, 7) is 4.34. The molecule has 2 rings (SSSR count). The van der Waals surface area contributed by atoms with Gasteiger partial charge in [0.1, 0.15) is 17.3 Å². The van der Waals surface area contributed by atoms with Gasteiger partial charge in [-0.2, -0.15) is 13.2 Å². The SMILES string of the molecule is CCN(C)C=Nc1cc(C)c(Cc2cc(F)cc(C(F)(F)F)c2)cc1F. The summed E-state index contributed by atoms with van der Waals surface area (Å²) in [4.78, 5) is 5.84. The van der Waals surface area contributed by atoms with Crippen molar-refractivity contribution in [2.24, 2.45) is 4.99 Å². The van der Waals surface area contributed by atoms with Gasteiger partial charge in [-0.25, -0.2) is 13.8 Å². The second kappa shape index (κ2) is 7.85. The van der Waals surface area contributed by atoms with Gasteiger partial charge in [-0.15, -0.1) is 0 Å². The van der Waals surface area contributed by atoms with Crippen LogP contribution in [0.3, 0.4) is 0 Å². The van der Waals surface area contributed by atoms with Crippen molar-refractivity contribution in [1.82, 2.24) is 4.90 Å². The predicted molar refractivity (Wildman–Crippen MR) is 91.8 cm³/mol. The lowest BCUT2D eigenvalue weighted by atomic mass is 9.98. The standard InChI is InChI=1S/C19H19F5N2/c1-4-26(3)11-25-18-5-12(2)14(9-17(18)21)6-13-7-15(19(22,23)24)10-16(20)8-13/h5,7-11H,4,6H2,1-3H3. The summed E-state index contributed by atoms with van der Waals surface area (Å²) in [7, 11) is 1.80. The van der Waals surface area contributed by atoms with Crippen molar-refractivity contribution < 1.29 is 22.0 Å². The minimum Gasteiger partial charge on any atom is -0.366 e. The van der Waals surface area contributed by atoms with Crippen molar-refractivity contribution in [1.29, 1.82) is 0 Å². The highest BCUT2D eigenvalue weighted by atomic mass is 19.4. The molecule has 140 valence electrons. The second-order valence-electron chi connectivity index (χ2n) is 6.07. The van der Waals surface area contributed by atoms with Crippen LogP contribution in [0.25, 0.3) is 0 Å². The van der Waals surface area contributed by atoms with Crippen molar-refractivity contribution in [3.63, 3.8) is 0 Å². The van der Waals surface area contributed by atoms with E-state index < -0.39 is 23.4 Å². The van der Waals surface area contributed by atoms with Crippen LogP contribution in [0.5, 0.6) is 0 Å². The Morgan fingerprint density at radius 1 is 1.08 bits per heavy atom. The average Bonchev–Trinajstić information content (AvgIpc) is 2.55. The number of alkyl halides is 3. The van der Waals surface area contributed by atoms with Crippen LogP contribution in [0.15, 0.2) is 35.3 Å². The van der Waals surface area contributed by atoms with Crippen molar-refractivity contribution in [3.8, 4) is 0 Å². The van der Waals surface area contributed by atoms with E-state index in [1.165, 1.54) is 18.5 Å². The molecule has 0 aliphatic carbocycles. The number of aryl methyl sites for hydroxylation is 1. The first-order valence-electron chi connectivity index (χ1n) is 8.00. The lowest BCUT2D eigenvalue weighted by molar-refractivity contribution is -0.137. The molecule has 0 fully saturated rings. The Balaban J connectivity index is 2.32. The Morgan fingerprint density at radius 2 is 1.77 bits per heavy atom. The lowest BCUT2D eigenvalue weighted by Crippen LogP contribution is -2.14. The van der Waals surface area contributed by atoms with Gasteiger partial charge in [0.25, 0.3) is 0 Å². The van der Waals surface area contributed by atoms with Crippen LogP contribution in [0, 0.1) is 18.6 Å². The Labute approximate surface area is 149 Å². The predicted octanol–water partition coefficient (Wildman–Crippen LogP) is 5.49. The van der Waals surface area contributed by atoms with Gasteiger partial charge in [-0.3, -0.25) is 0 Å². The summed E-state index contributed by atoms with van der Waals surface area (Å²) in [6, 6.07) is 5.09. The Morgan fingerprint density at radius 3 is 2.38 bits per heavy atom. The molecule has 0 amide bonds. The zero-order valence-electron chi connectivity index (χ0n) is 14.7. The number of nitrogens with zero attached hydrogens (tertiary/aromatic N) is 2. The minimum atomic E-state index is -4.64. The van der Waals surface area contributed by atoms with Crippen LogP contribution in [0.2, 0.25) is 0 Å². The molecule has 26 heavy (non-hydrogen) atoms. The van der Waals surface area contributed by atoms with Crippen LogP contribution < -0.4 is 0 Å². The molecule has 7 heteroatoms. The maximum Gasteiger partial charge on any atom is 0.416 e. The summed E-state index contributed by atoms with van der Waals surface area (Å²) in [6.07, 6.45) is -3.15. The summed E-state index contributed by atoms with van der Waals surface area (Å²) in [5, 5.41) is 0. The Bertz CT molecular complexity index is 812. The van der Waals surface area contributed by atoms with E-state index >= 15 is 0 Å². The Kier molecular flexibility index (Phi) is 6.00. The molecule has 2 nitrogen and oxygen atoms in total. The first-order valence-corrected chi connectivity index (χ1v) is 8.00.